The number of aliphatic hydroxyl groups is 1. The molecule has 0 fully saturated rings. The summed E-state index contributed by atoms with van der Waals surface area (Å²) in [6.07, 6.45) is 6.31. The first-order valence-electron chi connectivity index (χ1n) is 13.2. The molecule has 15 nitrogen and oxygen atoms in total. The number of H-pyrrole nitrogens is 3. The molecule has 5 unspecified atom stereocenters. The maximum absolute atomic E-state index is 13.7. The molecule has 3 heterocycles. The fraction of sp³-hybridized carbons (Fsp3) is 0.333. The number of nitrogens with one attached hydrogen (secondary N) is 6. The maximum Gasteiger partial charge on any atom is 0.328 e. The van der Waals surface area contributed by atoms with Crippen LogP contribution in [0.5, 0.6) is 0 Å². The Labute approximate surface area is 239 Å². The van der Waals surface area contributed by atoms with Crippen LogP contribution >= 0.6 is 0 Å². The van der Waals surface area contributed by atoms with E-state index >= 15 is 0 Å². The lowest BCUT2D eigenvalue weighted by Crippen LogP contribution is -2.59. The van der Waals surface area contributed by atoms with Crippen molar-refractivity contribution >= 4 is 34.6 Å². The average molecular weight is 580 g/mol. The van der Waals surface area contributed by atoms with Gasteiger partial charge in [0, 0.05) is 60.1 Å². The van der Waals surface area contributed by atoms with E-state index < -0.39 is 54.0 Å². The molecule has 222 valence electrons. The van der Waals surface area contributed by atoms with E-state index in [0.717, 1.165) is 16.5 Å². The number of rotatable bonds is 14. The molecule has 0 radical (unpaired) electrons. The lowest BCUT2D eigenvalue weighted by molar-refractivity contribution is -0.145. The molecule has 0 spiro atoms. The predicted octanol–water partition coefficient (Wildman–Crippen LogP) is -1.11. The third kappa shape index (κ3) is 7.58. The predicted molar refractivity (Wildman–Crippen MR) is 150 cm³/mol. The lowest BCUT2D eigenvalue weighted by Gasteiger charge is -2.25. The Hall–Kier alpha value is -5.02. The minimum absolute atomic E-state index is 0.0577. The van der Waals surface area contributed by atoms with E-state index in [2.05, 4.69) is 40.9 Å². The second-order valence-electron chi connectivity index (χ2n) is 9.92. The zero-order valence-corrected chi connectivity index (χ0v) is 22.7. The van der Waals surface area contributed by atoms with Crippen molar-refractivity contribution in [2.24, 2.45) is 5.73 Å². The minimum atomic E-state index is -1.61. The molecule has 5 atom stereocenters. The molecule has 0 bridgehead atoms. The number of amides is 3. The van der Waals surface area contributed by atoms with Crippen LogP contribution in [-0.4, -0.2) is 89.1 Å². The Morgan fingerprint density at radius 2 is 1.45 bits per heavy atom. The number of nitrogens with zero attached hydrogens (tertiary/aromatic N) is 2. The number of hydrogen-bond acceptors (Lipinski definition) is 8. The summed E-state index contributed by atoms with van der Waals surface area (Å²) in [5, 5.41) is 27.7. The number of nitrogens with two attached hydrogens (primary N) is 1. The molecule has 4 rings (SSSR count). The molecule has 42 heavy (non-hydrogen) atoms. The highest BCUT2D eigenvalue weighted by Gasteiger charge is 2.32. The monoisotopic (exact) mass is 579 g/mol. The molecule has 4 aromatic rings. The van der Waals surface area contributed by atoms with Crippen molar-refractivity contribution in [1.82, 2.24) is 40.9 Å². The fourth-order valence-corrected chi connectivity index (χ4v) is 4.47. The number of carbonyl (C=O) groups is 4. The average Bonchev–Trinajstić information content (AvgIpc) is 3.73. The number of carboxylic acids is 1. The lowest BCUT2D eigenvalue weighted by atomic mass is 10.0. The van der Waals surface area contributed by atoms with Crippen LogP contribution in [0.15, 0.2) is 55.5 Å². The molecule has 0 saturated heterocycles. The second-order valence-corrected chi connectivity index (χ2v) is 9.92. The SMILES string of the molecule is CC(O)C(NC(=O)C(Cc1cnc[nH]1)NC(=O)C(Cc1c[nH]c2ccccc12)NC(=O)C(N)Cc1cnc[nH]1)C(=O)O. The van der Waals surface area contributed by atoms with Gasteiger partial charge >= 0.3 is 5.97 Å². The van der Waals surface area contributed by atoms with E-state index in [1.165, 1.54) is 25.8 Å². The number of carbonyl (C=O) groups excluding carboxylic acids is 3. The Morgan fingerprint density at radius 1 is 0.857 bits per heavy atom. The van der Waals surface area contributed by atoms with Gasteiger partial charge in [0.05, 0.1) is 24.8 Å². The van der Waals surface area contributed by atoms with Crippen LogP contribution in [0, 0.1) is 0 Å². The van der Waals surface area contributed by atoms with Crippen molar-refractivity contribution in [2.45, 2.75) is 56.5 Å². The van der Waals surface area contributed by atoms with Crippen molar-refractivity contribution in [1.29, 1.82) is 0 Å². The van der Waals surface area contributed by atoms with Crippen molar-refractivity contribution in [3.8, 4) is 0 Å². The van der Waals surface area contributed by atoms with Gasteiger partial charge in [-0.1, -0.05) is 18.2 Å². The van der Waals surface area contributed by atoms with E-state index in [0.29, 0.717) is 11.4 Å². The number of aliphatic hydroxyl groups excluding tert-OH is 1. The first kappa shape index (κ1) is 30.0. The smallest absolute Gasteiger partial charge is 0.328 e. The number of carboxylic acid groups (broad SMARTS) is 1. The zero-order valence-electron chi connectivity index (χ0n) is 22.7. The molecule has 10 N–H and O–H groups in total. The number of hydrogen-bond donors (Lipinski definition) is 9. The maximum atomic E-state index is 13.7. The Kier molecular flexibility index (Phi) is 9.67. The summed E-state index contributed by atoms with van der Waals surface area (Å²) in [5.74, 6) is -3.59. The highest BCUT2D eigenvalue weighted by atomic mass is 16.4. The van der Waals surface area contributed by atoms with Crippen LogP contribution in [0.1, 0.15) is 23.9 Å². The van der Waals surface area contributed by atoms with Gasteiger partial charge in [0.2, 0.25) is 17.7 Å². The van der Waals surface area contributed by atoms with Gasteiger partial charge in [0.15, 0.2) is 6.04 Å². The van der Waals surface area contributed by atoms with Gasteiger partial charge in [-0.15, -0.1) is 0 Å². The van der Waals surface area contributed by atoms with Gasteiger partial charge in [0.1, 0.15) is 12.1 Å². The number of fused-ring (bicyclic) bond motifs is 1. The van der Waals surface area contributed by atoms with E-state index in [1.54, 1.807) is 12.4 Å². The van der Waals surface area contributed by atoms with Crippen molar-refractivity contribution in [3.05, 3.63) is 72.5 Å². The van der Waals surface area contributed by atoms with Crippen LogP contribution in [0.3, 0.4) is 0 Å². The fourth-order valence-electron chi connectivity index (χ4n) is 4.47. The Bertz CT molecular complexity index is 1500. The molecule has 1 aromatic carbocycles. The van der Waals surface area contributed by atoms with Gasteiger partial charge in [-0.2, -0.15) is 0 Å². The van der Waals surface area contributed by atoms with E-state index in [1.807, 2.05) is 24.3 Å². The molecule has 15 heteroatoms. The summed E-state index contributed by atoms with van der Waals surface area (Å²) in [7, 11) is 0. The summed E-state index contributed by atoms with van der Waals surface area (Å²) in [6.45, 7) is 1.22. The molecule has 0 saturated carbocycles. The number of aromatic nitrogens is 5. The summed E-state index contributed by atoms with van der Waals surface area (Å²) in [6, 6.07) is 2.40. The van der Waals surface area contributed by atoms with Crippen molar-refractivity contribution in [3.63, 3.8) is 0 Å². The van der Waals surface area contributed by atoms with Gasteiger partial charge in [0.25, 0.3) is 0 Å². The van der Waals surface area contributed by atoms with E-state index in [9.17, 15) is 29.4 Å². The standard InChI is InChI=1S/C27H33N9O6/c1-14(37)23(27(41)42)36-26(40)22(8-17-11-30-13-33-17)35-25(39)21(6-15-9-31-20-5-3-2-4-18(15)20)34-24(38)19(28)7-16-10-29-12-32-16/h2-5,9-14,19,21-23,31,37H,6-8,28H2,1H3,(H,29,32)(H,30,33)(H,34,38)(H,35,39)(H,36,40)(H,41,42). The van der Waals surface area contributed by atoms with Gasteiger partial charge in [-0.3, -0.25) is 14.4 Å². The summed E-state index contributed by atoms with van der Waals surface area (Å²) in [5.41, 5.74) is 8.82. The molecule has 0 aliphatic heterocycles. The topological polar surface area (TPSA) is 244 Å². The number of imidazole rings is 2. The Balaban J connectivity index is 1.57. The summed E-state index contributed by atoms with van der Waals surface area (Å²) >= 11 is 0. The highest BCUT2D eigenvalue weighted by molar-refractivity contribution is 5.95. The van der Waals surface area contributed by atoms with Crippen LogP contribution in [-0.2, 0) is 38.4 Å². The first-order chi connectivity index (χ1) is 20.1. The Morgan fingerprint density at radius 3 is 2.07 bits per heavy atom. The van der Waals surface area contributed by atoms with Crippen molar-refractivity contribution in [2.75, 3.05) is 0 Å². The molecular formula is C27H33N9O6. The van der Waals surface area contributed by atoms with Crippen LogP contribution in [0.25, 0.3) is 10.9 Å². The number of aromatic amines is 3. The zero-order chi connectivity index (χ0) is 30.2. The van der Waals surface area contributed by atoms with E-state index in [-0.39, 0.29) is 19.3 Å². The van der Waals surface area contributed by atoms with Crippen LogP contribution in [0.4, 0.5) is 0 Å². The number of para-hydroxylation sites is 1. The number of benzene rings is 1. The molecule has 3 amide bonds. The van der Waals surface area contributed by atoms with Gasteiger partial charge < -0.3 is 46.8 Å². The summed E-state index contributed by atoms with van der Waals surface area (Å²) in [4.78, 5) is 68.3. The molecule has 3 aromatic heterocycles. The number of aliphatic carboxylic acids is 1. The van der Waals surface area contributed by atoms with E-state index in [4.69, 9.17) is 5.73 Å². The van der Waals surface area contributed by atoms with Crippen molar-refractivity contribution < 1.29 is 29.4 Å². The van der Waals surface area contributed by atoms with Crippen LogP contribution < -0.4 is 21.7 Å². The van der Waals surface area contributed by atoms with Gasteiger partial charge in [-0.25, -0.2) is 14.8 Å². The third-order valence-electron chi connectivity index (χ3n) is 6.72. The second kappa shape index (κ2) is 13.6. The van der Waals surface area contributed by atoms with Crippen LogP contribution in [0.2, 0.25) is 0 Å². The molecular weight excluding hydrogens is 546 g/mol. The third-order valence-corrected chi connectivity index (χ3v) is 6.72. The summed E-state index contributed by atoms with van der Waals surface area (Å²) < 4.78 is 0. The largest absolute Gasteiger partial charge is 0.480 e. The normalized spacial score (nSPS) is 14.8. The minimum Gasteiger partial charge on any atom is -0.480 e. The quantitative estimate of drug-likeness (QED) is 0.0878. The van der Waals surface area contributed by atoms with Gasteiger partial charge in [-0.05, 0) is 18.6 Å². The molecule has 0 aliphatic rings. The first-order valence-corrected chi connectivity index (χ1v) is 13.2. The molecule has 0 aliphatic carbocycles. The highest BCUT2D eigenvalue weighted by Crippen LogP contribution is 2.19.